The van der Waals surface area contributed by atoms with Crippen LogP contribution < -0.4 is 5.32 Å². The van der Waals surface area contributed by atoms with Gasteiger partial charge in [0, 0.05) is 11.5 Å². The summed E-state index contributed by atoms with van der Waals surface area (Å²) in [4.78, 5) is 16.0. The van der Waals surface area contributed by atoms with Gasteiger partial charge in [0.05, 0.1) is 6.04 Å². The fourth-order valence-corrected chi connectivity index (χ4v) is 1.89. The number of benzene rings is 1. The predicted octanol–water partition coefficient (Wildman–Crippen LogP) is 2.70. The van der Waals surface area contributed by atoms with Crippen LogP contribution in [0.4, 0.5) is 8.78 Å². The Morgan fingerprint density at radius 1 is 1.24 bits per heavy atom. The van der Waals surface area contributed by atoms with Gasteiger partial charge in [0.1, 0.15) is 17.5 Å². The Balaban J connectivity index is 2.15. The summed E-state index contributed by atoms with van der Waals surface area (Å²) in [5.41, 5.74) is -0.189. The van der Waals surface area contributed by atoms with Crippen LogP contribution in [0.1, 0.15) is 54.7 Å². The van der Waals surface area contributed by atoms with E-state index in [0.29, 0.717) is 5.82 Å². The Morgan fingerprint density at radius 3 is 2.38 bits per heavy atom. The van der Waals surface area contributed by atoms with Crippen molar-refractivity contribution in [2.75, 3.05) is 0 Å². The van der Waals surface area contributed by atoms with Gasteiger partial charge in [-0.3, -0.25) is 9.89 Å². The Hall–Kier alpha value is -2.31. The van der Waals surface area contributed by atoms with Gasteiger partial charge in [-0.25, -0.2) is 13.8 Å². The molecule has 2 N–H and O–H groups in total. The van der Waals surface area contributed by atoms with Crippen molar-refractivity contribution in [1.29, 1.82) is 0 Å². The lowest BCUT2D eigenvalue weighted by atomic mass is 10.1. The zero-order chi connectivity index (χ0) is 15.6. The number of carbonyl (C=O) groups is 1. The third-order valence-electron chi connectivity index (χ3n) is 3.03. The predicted molar refractivity (Wildman–Crippen MR) is 72.7 cm³/mol. The molecule has 0 spiro atoms. The Bertz CT molecular complexity index is 634. The fraction of sp³-hybridized carbons (Fsp3) is 0.357. The van der Waals surface area contributed by atoms with Crippen LogP contribution in [0, 0.1) is 11.6 Å². The number of hydrogen-bond donors (Lipinski definition) is 2. The molecule has 0 aliphatic rings. The third kappa shape index (κ3) is 3.24. The second kappa shape index (κ2) is 5.99. The molecule has 0 aliphatic carbocycles. The van der Waals surface area contributed by atoms with E-state index in [2.05, 4.69) is 20.5 Å². The van der Waals surface area contributed by atoms with Crippen molar-refractivity contribution in [3.8, 4) is 0 Å². The van der Waals surface area contributed by atoms with Crippen LogP contribution in [0.15, 0.2) is 18.2 Å². The lowest BCUT2D eigenvalue weighted by molar-refractivity contribution is 0.0928. The highest BCUT2D eigenvalue weighted by Crippen LogP contribution is 2.20. The van der Waals surface area contributed by atoms with Crippen molar-refractivity contribution in [2.45, 2.75) is 32.7 Å². The van der Waals surface area contributed by atoms with Crippen molar-refractivity contribution in [2.24, 2.45) is 0 Å². The van der Waals surface area contributed by atoms with Gasteiger partial charge in [-0.2, -0.15) is 0 Å². The molecule has 1 aromatic carbocycles. The second-order valence-electron chi connectivity index (χ2n) is 5.03. The molecule has 1 unspecified atom stereocenters. The molecule has 0 radical (unpaired) electrons. The first-order chi connectivity index (χ1) is 9.90. The van der Waals surface area contributed by atoms with Crippen molar-refractivity contribution in [3.05, 3.63) is 47.0 Å². The molecular weight excluding hydrogens is 278 g/mol. The van der Waals surface area contributed by atoms with E-state index in [0.717, 1.165) is 12.1 Å². The summed E-state index contributed by atoms with van der Waals surface area (Å²) in [5, 5.41) is 8.93. The molecule has 0 bridgehead atoms. The topological polar surface area (TPSA) is 70.7 Å². The normalized spacial score (nSPS) is 12.5. The summed E-state index contributed by atoms with van der Waals surface area (Å²) < 4.78 is 27.3. The highest BCUT2D eigenvalue weighted by molar-refractivity contribution is 5.90. The van der Waals surface area contributed by atoms with Crippen LogP contribution in [-0.2, 0) is 0 Å². The lowest BCUT2D eigenvalue weighted by Crippen LogP contribution is -2.28. The molecular formula is C14H16F2N4O. The summed E-state index contributed by atoms with van der Waals surface area (Å²) in [6.07, 6.45) is 0. The minimum absolute atomic E-state index is 0.0534. The third-order valence-corrected chi connectivity index (χ3v) is 3.03. The number of carbonyl (C=O) groups excluding carboxylic acids is 1. The number of nitrogens with zero attached hydrogens (tertiary/aromatic N) is 2. The fourth-order valence-electron chi connectivity index (χ4n) is 1.89. The highest BCUT2D eigenvalue weighted by atomic mass is 19.1. The van der Waals surface area contributed by atoms with Gasteiger partial charge < -0.3 is 5.32 Å². The van der Waals surface area contributed by atoms with Gasteiger partial charge >= 0.3 is 0 Å². The Labute approximate surface area is 120 Å². The van der Waals surface area contributed by atoms with E-state index < -0.39 is 23.6 Å². The number of amides is 1. The first kappa shape index (κ1) is 15.1. The van der Waals surface area contributed by atoms with Crippen LogP contribution in [-0.4, -0.2) is 21.1 Å². The maximum absolute atomic E-state index is 13.6. The highest BCUT2D eigenvalue weighted by Gasteiger charge is 2.21. The second-order valence-corrected chi connectivity index (χ2v) is 5.03. The summed E-state index contributed by atoms with van der Waals surface area (Å²) in [6, 6.07) is 2.72. The molecule has 7 heteroatoms. The van der Waals surface area contributed by atoms with Crippen LogP contribution in [0.2, 0.25) is 0 Å². The molecule has 0 saturated carbocycles. The average Bonchev–Trinajstić information content (AvgIpc) is 2.88. The van der Waals surface area contributed by atoms with Crippen molar-refractivity contribution in [1.82, 2.24) is 20.5 Å². The first-order valence-corrected chi connectivity index (χ1v) is 6.57. The van der Waals surface area contributed by atoms with Crippen LogP contribution in [0.25, 0.3) is 0 Å². The standard InChI is InChI=1S/C14H16F2N4O/c1-7(2)12-18-13(20-19-12)14(21)17-8(3)11-9(15)5-4-6-10(11)16/h4-8H,1-3H3,(H,17,21)(H,18,19,20). The molecule has 112 valence electrons. The van der Waals surface area contributed by atoms with Crippen molar-refractivity contribution >= 4 is 5.91 Å². The summed E-state index contributed by atoms with van der Waals surface area (Å²) in [6.45, 7) is 5.30. The Morgan fingerprint density at radius 2 is 1.86 bits per heavy atom. The number of H-pyrrole nitrogens is 1. The van der Waals surface area contributed by atoms with Crippen molar-refractivity contribution < 1.29 is 13.6 Å². The molecule has 0 aliphatic heterocycles. The lowest BCUT2D eigenvalue weighted by Gasteiger charge is -2.14. The Kier molecular flexibility index (Phi) is 4.30. The van der Waals surface area contributed by atoms with Crippen LogP contribution in [0.3, 0.4) is 0 Å². The minimum Gasteiger partial charge on any atom is -0.343 e. The molecule has 2 rings (SSSR count). The number of hydrogen-bond acceptors (Lipinski definition) is 3. The molecule has 0 fully saturated rings. The minimum atomic E-state index is -0.834. The molecule has 0 saturated heterocycles. The van der Waals surface area contributed by atoms with Gasteiger partial charge in [-0.15, -0.1) is 5.10 Å². The van der Waals surface area contributed by atoms with E-state index in [-0.39, 0.29) is 17.3 Å². The van der Waals surface area contributed by atoms with E-state index in [1.54, 1.807) is 0 Å². The maximum atomic E-state index is 13.6. The molecule has 1 amide bonds. The average molecular weight is 294 g/mol. The zero-order valence-corrected chi connectivity index (χ0v) is 11.9. The number of nitrogens with one attached hydrogen (secondary N) is 2. The monoisotopic (exact) mass is 294 g/mol. The van der Waals surface area contributed by atoms with E-state index in [4.69, 9.17) is 0 Å². The zero-order valence-electron chi connectivity index (χ0n) is 11.9. The van der Waals surface area contributed by atoms with E-state index in [1.807, 2.05) is 13.8 Å². The molecule has 21 heavy (non-hydrogen) atoms. The van der Waals surface area contributed by atoms with Crippen LogP contribution in [0.5, 0.6) is 0 Å². The smallest absolute Gasteiger partial charge is 0.291 e. The van der Waals surface area contributed by atoms with Crippen LogP contribution >= 0.6 is 0 Å². The largest absolute Gasteiger partial charge is 0.343 e. The molecule has 5 nitrogen and oxygen atoms in total. The van der Waals surface area contributed by atoms with Crippen molar-refractivity contribution in [3.63, 3.8) is 0 Å². The molecule has 1 aromatic heterocycles. The number of aromatic nitrogens is 3. The van der Waals surface area contributed by atoms with E-state index >= 15 is 0 Å². The molecule has 2 aromatic rings. The summed E-state index contributed by atoms with van der Waals surface area (Å²) in [7, 11) is 0. The quantitative estimate of drug-likeness (QED) is 0.910. The van der Waals surface area contributed by atoms with Gasteiger partial charge in [-0.1, -0.05) is 19.9 Å². The maximum Gasteiger partial charge on any atom is 0.291 e. The number of rotatable bonds is 4. The van der Waals surface area contributed by atoms with E-state index in [9.17, 15) is 13.6 Å². The van der Waals surface area contributed by atoms with Gasteiger partial charge in [0.25, 0.3) is 5.91 Å². The number of aromatic amines is 1. The van der Waals surface area contributed by atoms with E-state index in [1.165, 1.54) is 13.0 Å². The first-order valence-electron chi connectivity index (χ1n) is 6.57. The summed E-state index contributed by atoms with van der Waals surface area (Å²) >= 11 is 0. The van der Waals surface area contributed by atoms with Gasteiger partial charge in [0.2, 0.25) is 5.82 Å². The van der Waals surface area contributed by atoms with Gasteiger partial charge in [0.15, 0.2) is 0 Å². The SMILES string of the molecule is CC(C)c1nc(C(=O)NC(C)c2c(F)cccc2F)n[nH]1. The molecule has 1 atom stereocenters. The number of halogens is 2. The molecule has 1 heterocycles. The van der Waals surface area contributed by atoms with Gasteiger partial charge in [-0.05, 0) is 19.1 Å². The summed E-state index contributed by atoms with van der Waals surface area (Å²) in [5.74, 6) is -1.39.